The molecule has 5 nitrogen and oxygen atoms in total. The highest BCUT2D eigenvalue weighted by molar-refractivity contribution is 6.31. The van der Waals surface area contributed by atoms with Crippen molar-refractivity contribution in [1.82, 2.24) is 0 Å². The summed E-state index contributed by atoms with van der Waals surface area (Å²) in [5, 5.41) is 0.568. The van der Waals surface area contributed by atoms with Gasteiger partial charge in [-0.15, -0.1) is 0 Å². The van der Waals surface area contributed by atoms with E-state index in [1.165, 1.54) is 0 Å². The van der Waals surface area contributed by atoms with E-state index in [1.54, 1.807) is 25.2 Å². The molecule has 0 N–H and O–H groups in total. The van der Waals surface area contributed by atoms with Crippen LogP contribution in [-0.2, 0) is 9.59 Å². The van der Waals surface area contributed by atoms with Crippen LogP contribution < -0.4 is 14.4 Å². The van der Waals surface area contributed by atoms with Gasteiger partial charge in [-0.05, 0) is 48.1 Å². The van der Waals surface area contributed by atoms with Gasteiger partial charge in [-0.1, -0.05) is 37.6 Å². The number of allylic oxidation sites excluding steroid dienone is 2. The molecule has 6 heteroatoms. The summed E-state index contributed by atoms with van der Waals surface area (Å²) < 4.78 is 11.0. The third kappa shape index (κ3) is 3.90. The van der Waals surface area contributed by atoms with E-state index in [0.717, 1.165) is 16.8 Å². The molecule has 1 unspecified atom stereocenters. The number of ketones is 1. The molecule has 0 radical (unpaired) electrons. The summed E-state index contributed by atoms with van der Waals surface area (Å²) in [6.45, 7) is 6.03. The third-order valence-electron chi connectivity index (χ3n) is 6.34. The Labute approximate surface area is 194 Å². The highest BCUT2D eigenvalue weighted by Crippen LogP contribution is 2.50. The van der Waals surface area contributed by atoms with Gasteiger partial charge in [0.15, 0.2) is 5.78 Å². The molecule has 0 saturated carbocycles. The molecule has 2 aliphatic rings. The predicted molar refractivity (Wildman–Crippen MR) is 126 cm³/mol. The molecule has 0 aromatic heterocycles. The van der Waals surface area contributed by atoms with Gasteiger partial charge in [0.05, 0.1) is 19.9 Å². The fourth-order valence-corrected chi connectivity index (χ4v) is 4.98. The lowest BCUT2D eigenvalue weighted by Crippen LogP contribution is -2.43. The monoisotopic (exact) mass is 453 g/mol. The SMILES string of the molecule is COc1cccc(C2CC(=O)N(c3cc(C)c(Cl)cc3OC)C3=C2C(=O)CC(C)(C)C3)c1. The molecule has 4 rings (SSSR count). The molecule has 32 heavy (non-hydrogen) atoms. The zero-order valence-corrected chi connectivity index (χ0v) is 19.9. The number of rotatable bonds is 4. The number of hydrogen-bond acceptors (Lipinski definition) is 4. The molecule has 1 heterocycles. The van der Waals surface area contributed by atoms with E-state index in [1.807, 2.05) is 37.3 Å². The number of aryl methyl sites for hydroxylation is 1. The molecule has 0 fully saturated rings. The Morgan fingerprint density at radius 3 is 2.50 bits per heavy atom. The Morgan fingerprint density at radius 1 is 1.06 bits per heavy atom. The molecule has 2 aromatic carbocycles. The van der Waals surface area contributed by atoms with E-state index >= 15 is 0 Å². The van der Waals surface area contributed by atoms with Crippen LogP contribution >= 0.6 is 11.6 Å². The summed E-state index contributed by atoms with van der Waals surface area (Å²) in [5.74, 6) is 0.940. The fourth-order valence-electron chi connectivity index (χ4n) is 4.82. The van der Waals surface area contributed by atoms with Crippen LogP contribution in [0.3, 0.4) is 0 Å². The number of anilines is 1. The van der Waals surface area contributed by atoms with E-state index in [4.69, 9.17) is 21.1 Å². The largest absolute Gasteiger partial charge is 0.497 e. The maximum Gasteiger partial charge on any atom is 0.232 e. The van der Waals surface area contributed by atoms with Gasteiger partial charge in [0.1, 0.15) is 11.5 Å². The topological polar surface area (TPSA) is 55.8 Å². The van der Waals surface area contributed by atoms with Crippen LogP contribution in [0.1, 0.15) is 50.2 Å². The highest BCUT2D eigenvalue weighted by Gasteiger charge is 2.45. The van der Waals surface area contributed by atoms with Crippen molar-refractivity contribution in [2.45, 2.75) is 46.0 Å². The van der Waals surface area contributed by atoms with Crippen LogP contribution in [0.2, 0.25) is 5.02 Å². The zero-order chi connectivity index (χ0) is 23.2. The second-order valence-corrected chi connectivity index (χ2v) is 9.74. The smallest absolute Gasteiger partial charge is 0.232 e. The van der Waals surface area contributed by atoms with Crippen molar-refractivity contribution in [2.75, 3.05) is 19.1 Å². The summed E-state index contributed by atoms with van der Waals surface area (Å²) >= 11 is 6.32. The van der Waals surface area contributed by atoms with E-state index in [9.17, 15) is 9.59 Å². The molecule has 1 amide bonds. The summed E-state index contributed by atoms with van der Waals surface area (Å²) in [5.41, 5.74) is 3.61. The van der Waals surface area contributed by atoms with Crippen molar-refractivity contribution in [2.24, 2.45) is 5.41 Å². The Hall–Kier alpha value is -2.79. The van der Waals surface area contributed by atoms with Gasteiger partial charge >= 0.3 is 0 Å². The number of carbonyl (C=O) groups is 2. The van der Waals surface area contributed by atoms with Crippen molar-refractivity contribution in [1.29, 1.82) is 0 Å². The summed E-state index contributed by atoms with van der Waals surface area (Å²) in [7, 11) is 3.17. The van der Waals surface area contributed by atoms with Crippen molar-refractivity contribution in [3.05, 3.63) is 63.8 Å². The van der Waals surface area contributed by atoms with Gasteiger partial charge in [-0.2, -0.15) is 0 Å². The lowest BCUT2D eigenvalue weighted by molar-refractivity contribution is -0.121. The number of benzene rings is 2. The van der Waals surface area contributed by atoms with E-state index in [-0.39, 0.29) is 29.4 Å². The van der Waals surface area contributed by atoms with Crippen LogP contribution in [0.5, 0.6) is 11.5 Å². The summed E-state index contributed by atoms with van der Waals surface area (Å²) in [6, 6.07) is 11.2. The Balaban J connectivity index is 1.94. The minimum absolute atomic E-state index is 0.0675. The number of ether oxygens (including phenoxy) is 2. The maximum absolute atomic E-state index is 13.6. The van der Waals surface area contributed by atoms with Crippen molar-refractivity contribution in [3.63, 3.8) is 0 Å². The number of carbonyl (C=O) groups excluding carboxylic acids is 2. The molecule has 1 atom stereocenters. The molecule has 0 saturated heterocycles. The first-order valence-electron chi connectivity index (χ1n) is 10.7. The first kappa shape index (κ1) is 22.4. The zero-order valence-electron chi connectivity index (χ0n) is 19.1. The van der Waals surface area contributed by atoms with Gasteiger partial charge < -0.3 is 9.47 Å². The van der Waals surface area contributed by atoms with Crippen LogP contribution in [0.4, 0.5) is 5.69 Å². The molecule has 1 aliphatic carbocycles. The van der Waals surface area contributed by atoms with Crippen LogP contribution in [0.25, 0.3) is 0 Å². The fraction of sp³-hybridized carbons (Fsp3) is 0.385. The van der Waals surface area contributed by atoms with Crippen LogP contribution in [0.15, 0.2) is 47.7 Å². The van der Waals surface area contributed by atoms with Crippen LogP contribution in [0, 0.1) is 12.3 Å². The predicted octanol–water partition coefficient (Wildman–Crippen LogP) is 5.83. The van der Waals surface area contributed by atoms with Gasteiger partial charge in [0.25, 0.3) is 0 Å². The molecule has 2 aromatic rings. The van der Waals surface area contributed by atoms with Crippen molar-refractivity contribution >= 4 is 29.0 Å². The Kier molecular flexibility index (Phi) is 5.80. The average Bonchev–Trinajstić information content (AvgIpc) is 2.74. The van der Waals surface area contributed by atoms with E-state index in [0.29, 0.717) is 40.6 Å². The second-order valence-electron chi connectivity index (χ2n) is 9.34. The second kappa shape index (κ2) is 8.28. The number of halogens is 1. The van der Waals surface area contributed by atoms with E-state index in [2.05, 4.69) is 13.8 Å². The molecule has 0 bridgehead atoms. The van der Waals surface area contributed by atoms with Gasteiger partial charge in [-0.3, -0.25) is 14.5 Å². The molecular weight excluding hydrogens is 426 g/mol. The standard InChI is InChI=1S/C26H28ClNO4/c1-15-9-20(23(32-5)12-19(15)27)28-21-13-26(2,3)14-22(29)25(21)18(11-24(28)30)16-7-6-8-17(10-16)31-4/h6-10,12,18H,11,13-14H2,1-5H3. The average molecular weight is 454 g/mol. The maximum atomic E-state index is 13.6. The highest BCUT2D eigenvalue weighted by atomic mass is 35.5. The molecule has 168 valence electrons. The first-order chi connectivity index (χ1) is 15.1. The quantitative estimate of drug-likeness (QED) is 0.584. The number of Topliss-reactive ketones (excluding diaryl/α,β-unsaturated/α-hetero) is 1. The third-order valence-corrected chi connectivity index (χ3v) is 6.75. The number of nitrogens with zero attached hydrogens (tertiary/aromatic N) is 1. The lowest BCUT2D eigenvalue weighted by Gasteiger charge is -2.43. The number of amides is 1. The minimum Gasteiger partial charge on any atom is -0.497 e. The summed E-state index contributed by atoms with van der Waals surface area (Å²) in [4.78, 5) is 28.8. The summed E-state index contributed by atoms with van der Waals surface area (Å²) in [6.07, 6.45) is 1.26. The normalized spacial score (nSPS) is 20.3. The first-order valence-corrected chi connectivity index (χ1v) is 11.1. The van der Waals surface area contributed by atoms with Crippen LogP contribution in [-0.4, -0.2) is 25.9 Å². The van der Waals surface area contributed by atoms with Gasteiger partial charge in [-0.25, -0.2) is 0 Å². The molecular formula is C26H28ClNO4. The molecule has 1 aliphatic heterocycles. The van der Waals surface area contributed by atoms with Crippen molar-refractivity contribution in [3.8, 4) is 11.5 Å². The van der Waals surface area contributed by atoms with Crippen molar-refractivity contribution < 1.29 is 19.1 Å². The van der Waals surface area contributed by atoms with Gasteiger partial charge in [0.2, 0.25) is 5.91 Å². The number of hydrogen-bond donors (Lipinski definition) is 0. The van der Waals surface area contributed by atoms with Gasteiger partial charge in [0, 0.05) is 41.1 Å². The lowest BCUT2D eigenvalue weighted by atomic mass is 9.69. The Bertz CT molecular complexity index is 1130. The van der Waals surface area contributed by atoms with E-state index < -0.39 is 0 Å². The Morgan fingerprint density at radius 2 is 1.81 bits per heavy atom. The number of methoxy groups -OCH3 is 2. The molecule has 0 spiro atoms. The minimum atomic E-state index is -0.299.